The summed E-state index contributed by atoms with van der Waals surface area (Å²) in [6, 6.07) is 5.98. The molecule has 0 aliphatic rings. The molecular formula is C25H24FN7O4. The van der Waals surface area contributed by atoms with Crippen molar-refractivity contribution in [3.63, 3.8) is 0 Å². The predicted octanol–water partition coefficient (Wildman–Crippen LogP) is 3.20. The molecule has 2 unspecified atom stereocenters. The molecular weight excluding hydrogens is 481 g/mol. The van der Waals surface area contributed by atoms with Crippen molar-refractivity contribution >= 4 is 11.6 Å². The Morgan fingerprint density at radius 2 is 2.08 bits per heavy atom. The minimum absolute atomic E-state index is 0.120. The number of benzene rings is 1. The summed E-state index contributed by atoms with van der Waals surface area (Å²) < 4.78 is 21.6. The lowest BCUT2D eigenvalue weighted by atomic mass is 9.79. The number of halogens is 1. The first-order valence-electron chi connectivity index (χ1n) is 11.4. The number of nitrogens with zero attached hydrogens (tertiary/aromatic N) is 6. The molecule has 3 aromatic heterocycles. The third kappa shape index (κ3) is 4.58. The van der Waals surface area contributed by atoms with Crippen LogP contribution in [0.15, 0.2) is 46.2 Å². The Hall–Kier alpha value is -4.79. The zero-order chi connectivity index (χ0) is 26.9. The summed E-state index contributed by atoms with van der Waals surface area (Å²) in [6.07, 6.45) is 4.10. The normalized spacial score (nSPS) is 12.6. The van der Waals surface area contributed by atoms with E-state index in [0.29, 0.717) is 12.1 Å². The average molecular weight is 506 g/mol. The number of carbonyl (C=O) groups excluding carboxylic acids is 1. The molecule has 190 valence electrons. The van der Waals surface area contributed by atoms with Crippen LogP contribution < -0.4 is 10.9 Å². The standard InChI is InChI=1S/C25H24FN7O4/c1-5-33-14(3)19(11-28-33)20(18-7-6-16(26)8-15(18)9-27)13(2)23-31-21(22(34)25(36)32(23)4)24(35)30-17-10-29-37-12-17/h6-8,10-13,20,34H,5H2,1-4H3,(H,30,35). The molecule has 4 aromatic rings. The van der Waals surface area contributed by atoms with Crippen molar-refractivity contribution in [1.82, 2.24) is 24.5 Å². The first kappa shape index (κ1) is 25.3. The van der Waals surface area contributed by atoms with E-state index in [9.17, 15) is 24.3 Å². The molecule has 1 aromatic carbocycles. The largest absolute Gasteiger partial charge is 0.501 e. The number of nitrogens with one attached hydrogen (secondary N) is 1. The van der Waals surface area contributed by atoms with E-state index in [-0.39, 0.29) is 17.1 Å². The zero-order valence-electron chi connectivity index (χ0n) is 20.6. The number of amides is 1. The number of aryl methyl sites for hydroxylation is 1. The van der Waals surface area contributed by atoms with Gasteiger partial charge in [-0.1, -0.05) is 18.1 Å². The minimum Gasteiger partial charge on any atom is -0.501 e. The van der Waals surface area contributed by atoms with Gasteiger partial charge in [0.1, 0.15) is 23.6 Å². The van der Waals surface area contributed by atoms with Crippen molar-refractivity contribution in [3.05, 3.63) is 86.9 Å². The highest BCUT2D eigenvalue weighted by Crippen LogP contribution is 2.40. The highest BCUT2D eigenvalue weighted by Gasteiger charge is 2.32. The summed E-state index contributed by atoms with van der Waals surface area (Å²) in [6.45, 7) is 6.19. The second-order valence-electron chi connectivity index (χ2n) is 8.51. The Morgan fingerprint density at radius 1 is 1.32 bits per heavy atom. The topological polar surface area (TPSA) is 152 Å². The van der Waals surface area contributed by atoms with E-state index < -0.39 is 40.6 Å². The summed E-state index contributed by atoms with van der Waals surface area (Å²) in [4.78, 5) is 30.2. The van der Waals surface area contributed by atoms with Crippen molar-refractivity contribution in [2.75, 3.05) is 5.32 Å². The van der Waals surface area contributed by atoms with Crippen LogP contribution in [-0.2, 0) is 13.6 Å². The minimum atomic E-state index is -0.835. The van der Waals surface area contributed by atoms with Gasteiger partial charge in [0.05, 0.1) is 24.0 Å². The number of rotatable bonds is 7. The van der Waals surface area contributed by atoms with Crippen LogP contribution in [0.4, 0.5) is 10.1 Å². The van der Waals surface area contributed by atoms with Gasteiger partial charge in [0.2, 0.25) is 5.75 Å². The highest BCUT2D eigenvalue weighted by atomic mass is 19.1. The van der Waals surface area contributed by atoms with E-state index in [2.05, 4.69) is 20.6 Å². The van der Waals surface area contributed by atoms with Crippen LogP contribution in [0.2, 0.25) is 0 Å². The molecule has 0 saturated heterocycles. The maximum absolute atomic E-state index is 14.0. The van der Waals surface area contributed by atoms with Gasteiger partial charge in [-0.2, -0.15) is 10.4 Å². The molecule has 3 heterocycles. The Morgan fingerprint density at radius 3 is 2.70 bits per heavy atom. The Kier molecular flexibility index (Phi) is 6.88. The molecule has 12 heteroatoms. The number of aromatic nitrogens is 5. The summed E-state index contributed by atoms with van der Waals surface area (Å²) >= 11 is 0. The third-order valence-corrected chi connectivity index (χ3v) is 6.36. The molecule has 0 aliphatic carbocycles. The SMILES string of the molecule is CCn1ncc(C(c2ccc(F)cc2C#N)C(C)c2nc(C(=O)Nc3cnoc3)c(O)c(=O)n2C)c1C. The van der Waals surface area contributed by atoms with Gasteiger partial charge in [0.15, 0.2) is 5.69 Å². The van der Waals surface area contributed by atoms with Gasteiger partial charge in [-0.15, -0.1) is 0 Å². The Bertz CT molecular complexity index is 1570. The fourth-order valence-corrected chi connectivity index (χ4v) is 4.47. The molecule has 1 amide bonds. The van der Waals surface area contributed by atoms with Gasteiger partial charge < -0.3 is 14.9 Å². The van der Waals surface area contributed by atoms with E-state index in [1.165, 1.54) is 31.6 Å². The number of nitriles is 1. The van der Waals surface area contributed by atoms with E-state index >= 15 is 0 Å². The van der Waals surface area contributed by atoms with Gasteiger partial charge in [0, 0.05) is 36.7 Å². The molecule has 4 rings (SSSR count). The molecule has 11 nitrogen and oxygen atoms in total. The molecule has 0 bridgehead atoms. The maximum atomic E-state index is 14.0. The Balaban J connectivity index is 1.90. The Labute approximate surface area is 210 Å². The summed E-state index contributed by atoms with van der Waals surface area (Å²) in [7, 11) is 1.43. The maximum Gasteiger partial charge on any atom is 0.296 e. The summed E-state index contributed by atoms with van der Waals surface area (Å²) in [5.74, 6) is -3.26. The second-order valence-corrected chi connectivity index (χ2v) is 8.51. The zero-order valence-corrected chi connectivity index (χ0v) is 20.6. The van der Waals surface area contributed by atoms with Crippen molar-refractivity contribution in [3.8, 4) is 11.8 Å². The molecule has 0 fully saturated rings. The molecule has 2 atom stereocenters. The number of aromatic hydroxyl groups is 1. The second kappa shape index (κ2) is 10.1. The van der Waals surface area contributed by atoms with Gasteiger partial charge in [-0.25, -0.2) is 9.37 Å². The highest BCUT2D eigenvalue weighted by molar-refractivity contribution is 6.04. The average Bonchev–Trinajstić information content (AvgIpc) is 3.53. The van der Waals surface area contributed by atoms with E-state index in [4.69, 9.17) is 4.52 Å². The monoisotopic (exact) mass is 505 g/mol. The summed E-state index contributed by atoms with van der Waals surface area (Å²) in [5.41, 5.74) is 1.10. The number of anilines is 1. The molecule has 0 radical (unpaired) electrons. The van der Waals surface area contributed by atoms with Crippen molar-refractivity contribution in [2.24, 2.45) is 7.05 Å². The van der Waals surface area contributed by atoms with Gasteiger partial charge in [-0.05, 0) is 31.5 Å². The number of hydrogen-bond donors (Lipinski definition) is 2. The van der Waals surface area contributed by atoms with Crippen LogP contribution in [-0.4, -0.2) is 35.5 Å². The fraction of sp³-hybridized carbons (Fsp3) is 0.280. The van der Waals surface area contributed by atoms with E-state index in [1.54, 1.807) is 17.8 Å². The van der Waals surface area contributed by atoms with Crippen LogP contribution in [0.1, 0.15) is 64.4 Å². The smallest absolute Gasteiger partial charge is 0.296 e. The molecule has 2 N–H and O–H groups in total. The predicted molar refractivity (Wildman–Crippen MR) is 130 cm³/mol. The lowest BCUT2D eigenvalue weighted by molar-refractivity contribution is 0.101. The van der Waals surface area contributed by atoms with Crippen molar-refractivity contribution in [1.29, 1.82) is 5.26 Å². The van der Waals surface area contributed by atoms with Gasteiger partial charge in [-0.3, -0.25) is 18.8 Å². The van der Waals surface area contributed by atoms with Gasteiger partial charge >= 0.3 is 0 Å². The van der Waals surface area contributed by atoms with Gasteiger partial charge in [0.25, 0.3) is 11.5 Å². The number of hydrogen-bond acceptors (Lipinski definition) is 8. The van der Waals surface area contributed by atoms with Crippen LogP contribution >= 0.6 is 0 Å². The molecule has 37 heavy (non-hydrogen) atoms. The van der Waals surface area contributed by atoms with Crippen molar-refractivity contribution < 1.29 is 18.8 Å². The molecule has 0 saturated carbocycles. The van der Waals surface area contributed by atoms with Crippen LogP contribution in [0.5, 0.6) is 5.75 Å². The van der Waals surface area contributed by atoms with Crippen LogP contribution in [0, 0.1) is 24.1 Å². The lowest BCUT2D eigenvalue weighted by Crippen LogP contribution is -2.29. The van der Waals surface area contributed by atoms with E-state index in [1.807, 2.05) is 19.9 Å². The number of carbonyl (C=O) groups is 1. The molecule has 0 spiro atoms. The quantitative estimate of drug-likeness (QED) is 0.388. The summed E-state index contributed by atoms with van der Waals surface area (Å²) in [5, 5.41) is 30.6. The van der Waals surface area contributed by atoms with E-state index in [0.717, 1.165) is 21.9 Å². The lowest BCUT2D eigenvalue weighted by Gasteiger charge is -2.27. The van der Waals surface area contributed by atoms with Crippen LogP contribution in [0.25, 0.3) is 0 Å². The first-order valence-corrected chi connectivity index (χ1v) is 11.4. The molecule has 0 aliphatic heterocycles. The van der Waals surface area contributed by atoms with Crippen LogP contribution in [0.3, 0.4) is 0 Å². The third-order valence-electron chi connectivity index (χ3n) is 6.36. The first-order chi connectivity index (χ1) is 17.7. The van der Waals surface area contributed by atoms with Crippen molar-refractivity contribution in [2.45, 2.75) is 39.2 Å². The fourth-order valence-electron chi connectivity index (χ4n) is 4.47.